The Morgan fingerprint density at radius 2 is 1.81 bits per heavy atom. The van der Waals surface area contributed by atoms with Crippen molar-refractivity contribution in [1.82, 2.24) is 0 Å². The van der Waals surface area contributed by atoms with Gasteiger partial charge in [-0.25, -0.2) is 0 Å². The molecule has 1 aliphatic rings. The van der Waals surface area contributed by atoms with Gasteiger partial charge in [-0.3, -0.25) is 9.69 Å². The van der Waals surface area contributed by atoms with E-state index in [2.05, 4.69) is 15.9 Å². The van der Waals surface area contributed by atoms with E-state index in [0.29, 0.717) is 42.9 Å². The molecule has 1 aliphatic heterocycles. The highest BCUT2D eigenvalue weighted by molar-refractivity contribution is 9.10. The molecule has 31 heavy (non-hydrogen) atoms. The van der Waals surface area contributed by atoms with Crippen molar-refractivity contribution in [3.8, 4) is 5.75 Å². The number of ether oxygens (including phenoxy) is 1. The fourth-order valence-corrected chi connectivity index (χ4v) is 5.07. The van der Waals surface area contributed by atoms with E-state index < -0.39 is 0 Å². The van der Waals surface area contributed by atoms with Crippen LogP contribution >= 0.6 is 63.1 Å². The molecule has 8 heteroatoms. The van der Waals surface area contributed by atoms with E-state index in [1.54, 1.807) is 24.3 Å². The molecular formula is C23H14BrCl2NO2S2. The number of carbonyl (C=O) groups is 1. The topological polar surface area (TPSA) is 29.5 Å². The van der Waals surface area contributed by atoms with Gasteiger partial charge in [-0.15, -0.1) is 0 Å². The minimum Gasteiger partial charge on any atom is -0.488 e. The van der Waals surface area contributed by atoms with Gasteiger partial charge < -0.3 is 4.74 Å². The summed E-state index contributed by atoms with van der Waals surface area (Å²) in [6, 6.07) is 20.2. The van der Waals surface area contributed by atoms with Crippen LogP contribution in [0.25, 0.3) is 6.08 Å². The van der Waals surface area contributed by atoms with Gasteiger partial charge in [0, 0.05) is 20.1 Å². The molecule has 1 amide bonds. The highest BCUT2D eigenvalue weighted by atomic mass is 79.9. The van der Waals surface area contributed by atoms with Gasteiger partial charge in [-0.2, -0.15) is 0 Å². The molecule has 0 unspecified atom stereocenters. The van der Waals surface area contributed by atoms with Crippen LogP contribution in [0.4, 0.5) is 5.69 Å². The second-order valence-corrected chi connectivity index (χ2v) is 10.1. The molecule has 0 aliphatic carbocycles. The molecule has 3 nitrogen and oxygen atoms in total. The molecule has 3 aromatic rings. The molecule has 1 saturated heterocycles. The van der Waals surface area contributed by atoms with Crippen LogP contribution < -0.4 is 9.64 Å². The summed E-state index contributed by atoms with van der Waals surface area (Å²) in [5, 5.41) is 1.19. The Bertz CT molecular complexity index is 1220. The first-order valence-corrected chi connectivity index (χ1v) is 11.9. The van der Waals surface area contributed by atoms with Crippen molar-refractivity contribution in [2.75, 3.05) is 4.90 Å². The normalized spacial score (nSPS) is 15.1. The predicted molar refractivity (Wildman–Crippen MR) is 137 cm³/mol. The van der Waals surface area contributed by atoms with E-state index in [4.69, 9.17) is 40.2 Å². The molecule has 0 N–H and O–H groups in total. The third-order valence-corrected chi connectivity index (χ3v) is 6.67. The minimum absolute atomic E-state index is 0.186. The Balaban J connectivity index is 1.61. The van der Waals surface area contributed by atoms with Gasteiger partial charge in [0.1, 0.15) is 12.4 Å². The number of anilines is 1. The molecule has 3 aromatic carbocycles. The average Bonchev–Trinajstić information content (AvgIpc) is 3.00. The number of thioether (sulfide) groups is 1. The maximum Gasteiger partial charge on any atom is 0.270 e. The summed E-state index contributed by atoms with van der Waals surface area (Å²) in [6.07, 6.45) is 1.76. The second-order valence-electron chi connectivity index (χ2n) is 6.60. The molecule has 0 spiro atoms. The number of halogens is 3. The van der Waals surface area contributed by atoms with Crippen LogP contribution in [0, 0.1) is 0 Å². The number of benzene rings is 3. The molecule has 156 valence electrons. The predicted octanol–water partition coefficient (Wildman–Crippen LogP) is 7.74. The third-order valence-electron chi connectivity index (χ3n) is 4.40. The van der Waals surface area contributed by atoms with Crippen molar-refractivity contribution in [1.29, 1.82) is 0 Å². The largest absolute Gasteiger partial charge is 0.488 e. The maximum absolute atomic E-state index is 13.1. The Morgan fingerprint density at radius 3 is 2.58 bits per heavy atom. The SMILES string of the molecule is O=C1/C(=C\c2cc(Cl)ccc2OCc2cccc(Cl)c2)SC(=S)N1c1cccc(Br)c1. The highest BCUT2D eigenvalue weighted by Crippen LogP contribution is 2.38. The van der Waals surface area contributed by atoms with Crippen LogP contribution in [-0.2, 0) is 11.4 Å². The lowest BCUT2D eigenvalue weighted by Gasteiger charge is -2.14. The monoisotopic (exact) mass is 549 g/mol. The van der Waals surface area contributed by atoms with Gasteiger partial charge in [0.2, 0.25) is 0 Å². The van der Waals surface area contributed by atoms with Gasteiger partial charge in [0.25, 0.3) is 5.91 Å². The first-order chi connectivity index (χ1) is 14.9. The van der Waals surface area contributed by atoms with Crippen molar-refractivity contribution in [2.45, 2.75) is 6.61 Å². The van der Waals surface area contributed by atoms with Crippen molar-refractivity contribution >= 4 is 85.1 Å². The van der Waals surface area contributed by atoms with E-state index in [0.717, 1.165) is 10.0 Å². The first kappa shape index (κ1) is 22.4. The smallest absolute Gasteiger partial charge is 0.270 e. The molecule has 4 rings (SSSR count). The molecule has 1 heterocycles. The Morgan fingerprint density at radius 1 is 1.03 bits per heavy atom. The number of thiocarbonyl (C=S) groups is 1. The maximum atomic E-state index is 13.1. The second kappa shape index (κ2) is 9.76. The van der Waals surface area contributed by atoms with E-state index >= 15 is 0 Å². The van der Waals surface area contributed by atoms with Crippen LogP contribution in [0.3, 0.4) is 0 Å². The molecule has 0 saturated carbocycles. The zero-order valence-corrected chi connectivity index (χ0v) is 20.6. The average molecular weight is 551 g/mol. The molecular weight excluding hydrogens is 537 g/mol. The number of hydrogen-bond acceptors (Lipinski definition) is 4. The lowest BCUT2D eigenvalue weighted by Crippen LogP contribution is -2.27. The molecule has 0 atom stereocenters. The van der Waals surface area contributed by atoms with Crippen LogP contribution in [0.15, 0.2) is 76.1 Å². The summed E-state index contributed by atoms with van der Waals surface area (Å²) >= 11 is 22.4. The molecule has 0 radical (unpaired) electrons. The number of rotatable bonds is 5. The van der Waals surface area contributed by atoms with E-state index in [1.165, 1.54) is 16.7 Å². The van der Waals surface area contributed by atoms with Gasteiger partial charge in [0.05, 0.1) is 10.6 Å². The van der Waals surface area contributed by atoms with Gasteiger partial charge in [-0.1, -0.05) is 81.3 Å². The van der Waals surface area contributed by atoms with Crippen LogP contribution in [-0.4, -0.2) is 10.2 Å². The Kier molecular flexibility index (Phi) is 7.04. The zero-order chi connectivity index (χ0) is 22.0. The fraction of sp³-hybridized carbons (Fsp3) is 0.0435. The number of hydrogen-bond donors (Lipinski definition) is 0. The van der Waals surface area contributed by atoms with Crippen molar-refractivity contribution in [3.05, 3.63) is 97.3 Å². The molecule has 1 fully saturated rings. The number of nitrogens with zero attached hydrogens (tertiary/aromatic N) is 1. The summed E-state index contributed by atoms with van der Waals surface area (Å²) in [6.45, 7) is 0.335. The Hall–Kier alpha value is -1.83. The standard InChI is InChI=1S/C23H14BrCl2NO2S2/c24-16-4-2-6-19(12-16)27-22(28)21(31-23(27)30)11-15-10-18(26)7-8-20(15)29-13-14-3-1-5-17(25)9-14/h1-12H,13H2/b21-11+. The van der Waals surface area contributed by atoms with E-state index in [9.17, 15) is 4.79 Å². The van der Waals surface area contributed by atoms with Crippen LogP contribution in [0.2, 0.25) is 10.0 Å². The van der Waals surface area contributed by atoms with Crippen LogP contribution in [0.5, 0.6) is 5.75 Å². The van der Waals surface area contributed by atoms with Gasteiger partial charge >= 0.3 is 0 Å². The van der Waals surface area contributed by atoms with Crippen molar-refractivity contribution < 1.29 is 9.53 Å². The summed E-state index contributed by atoms with van der Waals surface area (Å²) in [5.74, 6) is 0.422. The van der Waals surface area contributed by atoms with Crippen molar-refractivity contribution in [2.24, 2.45) is 0 Å². The van der Waals surface area contributed by atoms with Crippen molar-refractivity contribution in [3.63, 3.8) is 0 Å². The third kappa shape index (κ3) is 5.33. The zero-order valence-electron chi connectivity index (χ0n) is 15.8. The molecule has 0 aromatic heterocycles. The summed E-state index contributed by atoms with van der Waals surface area (Å²) in [4.78, 5) is 15.1. The van der Waals surface area contributed by atoms with E-state index in [1.807, 2.05) is 48.5 Å². The first-order valence-electron chi connectivity index (χ1n) is 9.11. The van der Waals surface area contributed by atoms with E-state index in [-0.39, 0.29) is 5.91 Å². The van der Waals surface area contributed by atoms with Crippen LogP contribution in [0.1, 0.15) is 11.1 Å². The van der Waals surface area contributed by atoms with Gasteiger partial charge in [-0.05, 0) is 60.2 Å². The quantitative estimate of drug-likeness (QED) is 0.240. The minimum atomic E-state index is -0.186. The summed E-state index contributed by atoms with van der Waals surface area (Å²) in [7, 11) is 0. The lowest BCUT2D eigenvalue weighted by molar-refractivity contribution is -0.113. The fourth-order valence-electron chi connectivity index (χ4n) is 3.00. The lowest BCUT2D eigenvalue weighted by atomic mass is 10.1. The molecule has 0 bridgehead atoms. The summed E-state index contributed by atoms with van der Waals surface area (Å²) in [5.41, 5.74) is 2.35. The number of amides is 1. The highest BCUT2D eigenvalue weighted by Gasteiger charge is 2.33. The Labute approximate surface area is 208 Å². The number of carbonyl (C=O) groups excluding carboxylic acids is 1. The summed E-state index contributed by atoms with van der Waals surface area (Å²) < 4.78 is 7.34. The van der Waals surface area contributed by atoms with Gasteiger partial charge in [0.15, 0.2) is 4.32 Å².